The predicted molar refractivity (Wildman–Crippen MR) is 128 cm³/mol. The highest BCUT2D eigenvalue weighted by atomic mass is 16.2. The number of nitrogens with two attached hydrogens (primary N) is 1. The van der Waals surface area contributed by atoms with E-state index in [0.29, 0.717) is 23.2 Å². The molecule has 3 aromatic rings. The Labute approximate surface area is 188 Å². The van der Waals surface area contributed by atoms with Crippen molar-refractivity contribution in [3.8, 4) is 16.9 Å². The summed E-state index contributed by atoms with van der Waals surface area (Å²) in [6.45, 7) is 3.33. The molecule has 166 valence electrons. The number of anilines is 2. The van der Waals surface area contributed by atoms with Crippen LogP contribution in [-0.4, -0.2) is 57.8 Å². The van der Waals surface area contributed by atoms with E-state index in [1.807, 2.05) is 65.6 Å². The zero-order chi connectivity index (χ0) is 21.9. The average molecular weight is 431 g/mol. The van der Waals surface area contributed by atoms with Crippen LogP contribution in [0.5, 0.6) is 0 Å². The molecule has 2 aromatic carbocycles. The fourth-order valence-corrected chi connectivity index (χ4v) is 4.86. The minimum Gasteiger partial charge on any atom is -0.382 e. The van der Waals surface area contributed by atoms with Crippen LogP contribution in [0, 0.1) is 0 Å². The fraction of sp³-hybridized carbons (Fsp3) is 0.360. The SMILES string of the molecule is Nc1c(NC(=O)N2CCN(C3CCCC3)CC2)c(-c2ccccc2)nn1-c1ccccc1. The Hall–Kier alpha value is -3.32. The zero-order valence-electron chi connectivity index (χ0n) is 18.3. The van der Waals surface area contributed by atoms with E-state index >= 15 is 0 Å². The lowest BCUT2D eigenvalue weighted by Crippen LogP contribution is -2.52. The van der Waals surface area contributed by atoms with Gasteiger partial charge in [-0.3, -0.25) is 4.90 Å². The molecule has 1 aliphatic carbocycles. The van der Waals surface area contributed by atoms with E-state index in [0.717, 1.165) is 37.4 Å². The smallest absolute Gasteiger partial charge is 0.322 e. The van der Waals surface area contributed by atoms with E-state index in [-0.39, 0.29) is 6.03 Å². The molecule has 5 rings (SSSR count). The fourth-order valence-electron chi connectivity index (χ4n) is 4.86. The topological polar surface area (TPSA) is 79.4 Å². The van der Waals surface area contributed by atoms with E-state index in [9.17, 15) is 4.79 Å². The number of carbonyl (C=O) groups excluding carboxylic acids is 1. The van der Waals surface area contributed by atoms with Crippen molar-refractivity contribution in [2.24, 2.45) is 0 Å². The highest BCUT2D eigenvalue weighted by Crippen LogP contribution is 2.34. The summed E-state index contributed by atoms with van der Waals surface area (Å²) in [4.78, 5) is 17.6. The third-order valence-electron chi connectivity index (χ3n) is 6.64. The van der Waals surface area contributed by atoms with Crippen molar-refractivity contribution in [1.29, 1.82) is 0 Å². The minimum atomic E-state index is -0.118. The molecule has 0 unspecified atom stereocenters. The molecular weight excluding hydrogens is 400 g/mol. The van der Waals surface area contributed by atoms with E-state index in [1.165, 1.54) is 25.7 Å². The van der Waals surface area contributed by atoms with Crippen LogP contribution in [0.25, 0.3) is 16.9 Å². The predicted octanol–water partition coefficient (Wildman–Crippen LogP) is 4.21. The molecule has 2 fully saturated rings. The number of carbonyl (C=O) groups is 1. The summed E-state index contributed by atoms with van der Waals surface area (Å²) in [6, 6.07) is 20.2. The minimum absolute atomic E-state index is 0.118. The van der Waals surface area contributed by atoms with Crippen molar-refractivity contribution < 1.29 is 4.79 Å². The summed E-state index contributed by atoms with van der Waals surface area (Å²) in [6.07, 6.45) is 5.25. The first kappa shape index (κ1) is 20.6. The number of amides is 2. The van der Waals surface area contributed by atoms with Crippen molar-refractivity contribution in [3.05, 3.63) is 60.7 Å². The molecule has 1 saturated heterocycles. The second kappa shape index (κ2) is 9.04. The molecule has 3 N–H and O–H groups in total. The van der Waals surface area contributed by atoms with Gasteiger partial charge in [0.2, 0.25) is 0 Å². The van der Waals surface area contributed by atoms with Crippen LogP contribution in [0.2, 0.25) is 0 Å². The van der Waals surface area contributed by atoms with E-state index in [1.54, 1.807) is 4.68 Å². The quantitative estimate of drug-likeness (QED) is 0.650. The van der Waals surface area contributed by atoms with Gasteiger partial charge in [-0.05, 0) is 25.0 Å². The van der Waals surface area contributed by atoms with Crippen LogP contribution in [0.4, 0.5) is 16.3 Å². The number of hydrogen-bond acceptors (Lipinski definition) is 4. The van der Waals surface area contributed by atoms with Gasteiger partial charge in [-0.15, -0.1) is 0 Å². The molecule has 32 heavy (non-hydrogen) atoms. The Morgan fingerprint density at radius 3 is 2.19 bits per heavy atom. The van der Waals surface area contributed by atoms with E-state index in [2.05, 4.69) is 10.2 Å². The Bertz CT molecular complexity index is 1050. The van der Waals surface area contributed by atoms with Gasteiger partial charge in [-0.1, -0.05) is 61.4 Å². The maximum Gasteiger partial charge on any atom is 0.322 e. The average Bonchev–Trinajstić information content (AvgIpc) is 3.49. The Balaban J connectivity index is 1.38. The molecule has 1 saturated carbocycles. The van der Waals surface area contributed by atoms with E-state index in [4.69, 9.17) is 10.8 Å². The highest BCUT2D eigenvalue weighted by molar-refractivity contribution is 5.97. The number of aromatic nitrogens is 2. The number of rotatable bonds is 4. The third kappa shape index (κ3) is 4.08. The van der Waals surface area contributed by atoms with Crippen LogP contribution < -0.4 is 11.1 Å². The number of urea groups is 1. The summed E-state index contributed by atoms with van der Waals surface area (Å²) in [5, 5.41) is 7.84. The van der Waals surface area contributed by atoms with Gasteiger partial charge in [-0.2, -0.15) is 5.10 Å². The number of nitrogen functional groups attached to an aromatic ring is 1. The number of nitrogens with zero attached hydrogens (tertiary/aromatic N) is 4. The van der Waals surface area contributed by atoms with Crippen LogP contribution >= 0.6 is 0 Å². The summed E-state index contributed by atoms with van der Waals surface area (Å²) >= 11 is 0. The summed E-state index contributed by atoms with van der Waals surface area (Å²) in [5.74, 6) is 0.424. The van der Waals surface area contributed by atoms with Gasteiger partial charge in [0, 0.05) is 37.8 Å². The molecule has 0 atom stereocenters. The first-order valence-corrected chi connectivity index (χ1v) is 11.5. The number of para-hydroxylation sites is 1. The molecule has 0 bridgehead atoms. The summed E-state index contributed by atoms with van der Waals surface area (Å²) in [5.41, 5.74) is 9.51. The maximum absolute atomic E-state index is 13.2. The van der Waals surface area contributed by atoms with Crippen molar-refractivity contribution in [2.75, 3.05) is 37.2 Å². The molecule has 0 spiro atoms. The molecule has 2 aliphatic rings. The Morgan fingerprint density at radius 2 is 1.53 bits per heavy atom. The second-order valence-corrected chi connectivity index (χ2v) is 8.61. The van der Waals surface area contributed by atoms with E-state index < -0.39 is 0 Å². The standard InChI is InChI=1S/C25H30N6O/c26-24-23(27-25(32)30-17-15-29(16-18-30)20-11-7-8-12-20)22(19-9-3-1-4-10-19)28-31(24)21-13-5-2-6-14-21/h1-6,9-10,13-14,20H,7-8,11-12,15-18,26H2,(H,27,32). The monoisotopic (exact) mass is 430 g/mol. The first-order chi connectivity index (χ1) is 15.7. The molecular formula is C25H30N6O. The molecule has 1 aliphatic heterocycles. The third-order valence-corrected chi connectivity index (χ3v) is 6.64. The highest BCUT2D eigenvalue weighted by Gasteiger charge is 2.29. The summed E-state index contributed by atoms with van der Waals surface area (Å²) in [7, 11) is 0. The molecule has 2 heterocycles. The van der Waals surface area contributed by atoms with Crippen molar-refractivity contribution in [3.63, 3.8) is 0 Å². The van der Waals surface area contributed by atoms with Crippen LogP contribution in [0.15, 0.2) is 60.7 Å². The van der Waals surface area contributed by atoms with Gasteiger partial charge < -0.3 is 16.0 Å². The Morgan fingerprint density at radius 1 is 0.906 bits per heavy atom. The lowest BCUT2D eigenvalue weighted by molar-refractivity contribution is 0.115. The zero-order valence-corrected chi connectivity index (χ0v) is 18.3. The van der Waals surface area contributed by atoms with Crippen LogP contribution in [0.3, 0.4) is 0 Å². The van der Waals surface area contributed by atoms with Gasteiger partial charge in [-0.25, -0.2) is 9.48 Å². The number of benzene rings is 2. The van der Waals surface area contributed by atoms with Gasteiger partial charge in [0.25, 0.3) is 0 Å². The number of piperazine rings is 1. The normalized spacial score (nSPS) is 17.6. The molecule has 0 radical (unpaired) electrons. The van der Waals surface area contributed by atoms with Crippen LogP contribution in [-0.2, 0) is 0 Å². The molecule has 2 amide bonds. The number of nitrogens with one attached hydrogen (secondary N) is 1. The van der Waals surface area contributed by atoms with Crippen molar-refractivity contribution in [2.45, 2.75) is 31.7 Å². The first-order valence-electron chi connectivity index (χ1n) is 11.5. The molecule has 7 nitrogen and oxygen atoms in total. The molecule has 7 heteroatoms. The van der Waals surface area contributed by atoms with Gasteiger partial charge in [0.15, 0.2) is 5.82 Å². The van der Waals surface area contributed by atoms with Gasteiger partial charge >= 0.3 is 6.03 Å². The molecule has 1 aromatic heterocycles. The lowest BCUT2D eigenvalue weighted by Gasteiger charge is -2.38. The van der Waals surface area contributed by atoms with Gasteiger partial charge in [0.05, 0.1) is 5.69 Å². The van der Waals surface area contributed by atoms with Crippen molar-refractivity contribution >= 4 is 17.5 Å². The largest absolute Gasteiger partial charge is 0.382 e. The Kier molecular flexibility index (Phi) is 5.81. The second-order valence-electron chi connectivity index (χ2n) is 8.61. The summed E-state index contributed by atoms with van der Waals surface area (Å²) < 4.78 is 1.69. The van der Waals surface area contributed by atoms with Gasteiger partial charge in [0.1, 0.15) is 11.4 Å². The van der Waals surface area contributed by atoms with Crippen LogP contribution in [0.1, 0.15) is 25.7 Å². The maximum atomic E-state index is 13.2. The number of hydrogen-bond donors (Lipinski definition) is 2. The lowest BCUT2D eigenvalue weighted by atomic mass is 10.1. The van der Waals surface area contributed by atoms with Crippen molar-refractivity contribution in [1.82, 2.24) is 19.6 Å².